The molecule has 0 bridgehead atoms. The van der Waals surface area contributed by atoms with E-state index in [1.165, 1.54) is 11.3 Å². The van der Waals surface area contributed by atoms with Crippen molar-refractivity contribution in [2.75, 3.05) is 11.9 Å². The molecular weight excluding hydrogens is 387 g/mol. The van der Waals surface area contributed by atoms with Crippen LogP contribution in [0.1, 0.15) is 12.8 Å². The zero-order valence-corrected chi connectivity index (χ0v) is 14.7. The van der Waals surface area contributed by atoms with Gasteiger partial charge >= 0.3 is 6.18 Å². The van der Waals surface area contributed by atoms with E-state index in [0.717, 1.165) is 29.8 Å². The third kappa shape index (κ3) is 6.87. The molecule has 0 atom stereocenters. The number of carboxylic acid groups (broad SMARTS) is 1. The average molecular weight is 403 g/mol. The summed E-state index contributed by atoms with van der Waals surface area (Å²) >= 11 is 1.41. The molecule has 4 N–H and O–H groups in total. The first-order chi connectivity index (χ1) is 12.7. The standard InChI is InChI=1S/C14H15N3O2S.C2HF3O2/c15-7-13(18)17-14-16-12(8-20-14)9-2-1-3-11(6-9)19-10-4-5-10;3-2(4,5)1(6)7/h1-3,6,8,10H,4-5,7,15H2,(H,16,17,18);(H,6,7). The van der Waals surface area contributed by atoms with E-state index in [9.17, 15) is 18.0 Å². The van der Waals surface area contributed by atoms with E-state index in [0.29, 0.717) is 11.2 Å². The molecule has 0 radical (unpaired) electrons. The fourth-order valence-electron chi connectivity index (χ4n) is 1.75. The predicted molar refractivity (Wildman–Crippen MR) is 88.6 cm³/mol. The summed E-state index contributed by atoms with van der Waals surface area (Å²) in [5, 5.41) is 14.0. The molecule has 1 heterocycles. The van der Waals surface area contributed by atoms with Gasteiger partial charge in [0.15, 0.2) is 11.7 Å². The highest BCUT2D eigenvalue weighted by Gasteiger charge is 2.28. The van der Waals surface area contributed by atoms with Crippen LogP contribution in [-0.2, 0) is 9.59 Å². The molecule has 1 fully saturated rings. The van der Waals surface area contributed by atoms with Crippen LogP contribution in [0.3, 0.4) is 0 Å². The number of nitrogens with one attached hydrogen (secondary N) is 1. The molecule has 0 saturated heterocycles. The average Bonchev–Trinajstić information content (AvgIpc) is 3.30. The first-order valence-electron chi connectivity index (χ1n) is 7.79. The largest absolute Gasteiger partial charge is 0.542 e. The Balaban J connectivity index is 0.000000321. The lowest BCUT2D eigenvalue weighted by Gasteiger charge is -2.05. The maximum atomic E-state index is 11.3. The molecular formula is C16H16F3N3O4S. The first-order valence-corrected chi connectivity index (χ1v) is 8.67. The van der Waals surface area contributed by atoms with Gasteiger partial charge in [0, 0.05) is 10.9 Å². The van der Waals surface area contributed by atoms with Crippen molar-refractivity contribution in [3.8, 4) is 17.0 Å². The molecule has 146 valence electrons. The molecule has 1 aliphatic rings. The Kier molecular flexibility index (Phi) is 6.75. The lowest BCUT2D eigenvalue weighted by atomic mass is 10.2. The Morgan fingerprint density at radius 3 is 2.59 bits per heavy atom. The van der Waals surface area contributed by atoms with Gasteiger partial charge in [-0.15, -0.1) is 11.3 Å². The second-order valence-electron chi connectivity index (χ2n) is 5.47. The summed E-state index contributed by atoms with van der Waals surface area (Å²) in [6.07, 6.45) is -2.53. The van der Waals surface area contributed by atoms with E-state index in [4.69, 9.17) is 14.6 Å². The molecule has 1 saturated carbocycles. The summed E-state index contributed by atoms with van der Waals surface area (Å²) in [6, 6.07) is 7.89. The molecule has 1 aliphatic carbocycles. The zero-order chi connectivity index (χ0) is 20.0. The fraction of sp³-hybridized carbons (Fsp3) is 0.312. The van der Waals surface area contributed by atoms with Gasteiger partial charge in [-0.1, -0.05) is 12.1 Å². The molecule has 1 aromatic carbocycles. The molecule has 2 aromatic rings. The number of carbonyl (C=O) groups is 2. The number of benzene rings is 1. The Morgan fingerprint density at radius 1 is 1.37 bits per heavy atom. The van der Waals surface area contributed by atoms with E-state index < -0.39 is 12.1 Å². The van der Waals surface area contributed by atoms with Crippen molar-refractivity contribution in [1.82, 2.24) is 4.98 Å². The van der Waals surface area contributed by atoms with Crippen LogP contribution in [0.25, 0.3) is 11.3 Å². The molecule has 1 aromatic heterocycles. The molecule has 11 heteroatoms. The van der Waals surface area contributed by atoms with E-state index >= 15 is 0 Å². The number of amides is 1. The molecule has 0 unspecified atom stereocenters. The number of alkyl halides is 3. The van der Waals surface area contributed by atoms with Crippen LogP contribution in [0.5, 0.6) is 5.75 Å². The van der Waals surface area contributed by atoms with Gasteiger partial charge in [-0.3, -0.25) is 10.1 Å². The number of hydrogen-bond acceptors (Lipinski definition) is 6. The summed E-state index contributed by atoms with van der Waals surface area (Å²) in [7, 11) is 0. The number of carboxylic acids is 1. The van der Waals surface area contributed by atoms with Crippen LogP contribution in [0.4, 0.5) is 18.3 Å². The summed E-state index contributed by atoms with van der Waals surface area (Å²) in [4.78, 5) is 24.5. The van der Waals surface area contributed by atoms with Gasteiger partial charge in [-0.25, -0.2) is 4.98 Å². The molecule has 27 heavy (non-hydrogen) atoms. The number of quaternary nitrogens is 1. The Hall–Kier alpha value is -2.66. The topological polar surface area (TPSA) is 119 Å². The van der Waals surface area contributed by atoms with Gasteiger partial charge < -0.3 is 20.4 Å². The highest BCUT2D eigenvalue weighted by Crippen LogP contribution is 2.31. The van der Waals surface area contributed by atoms with Crippen molar-refractivity contribution in [2.45, 2.75) is 25.1 Å². The van der Waals surface area contributed by atoms with Crippen molar-refractivity contribution in [2.24, 2.45) is 0 Å². The third-order valence-electron chi connectivity index (χ3n) is 3.17. The second kappa shape index (κ2) is 8.82. The predicted octanol–water partition coefficient (Wildman–Crippen LogP) is 0.830. The molecule has 0 aliphatic heterocycles. The van der Waals surface area contributed by atoms with Crippen molar-refractivity contribution in [3.63, 3.8) is 0 Å². The molecule has 7 nitrogen and oxygen atoms in total. The van der Waals surface area contributed by atoms with E-state index in [1.54, 1.807) is 0 Å². The normalized spacial score (nSPS) is 13.3. The quantitative estimate of drug-likeness (QED) is 0.767. The van der Waals surface area contributed by atoms with Crippen molar-refractivity contribution in [3.05, 3.63) is 29.6 Å². The minimum atomic E-state index is -5.19. The lowest BCUT2D eigenvalue weighted by Crippen LogP contribution is -2.55. The number of rotatable bonds is 5. The number of aliphatic carboxylic acids is 1. The number of ether oxygens (including phenoxy) is 1. The van der Waals surface area contributed by atoms with Crippen molar-refractivity contribution in [1.29, 1.82) is 0 Å². The van der Waals surface area contributed by atoms with Crippen LogP contribution in [-0.4, -0.2) is 35.7 Å². The number of carbonyl (C=O) groups excluding carboxylic acids is 2. The minimum Gasteiger partial charge on any atom is -0.542 e. The van der Waals surface area contributed by atoms with Crippen LogP contribution in [0.2, 0.25) is 0 Å². The molecule has 0 spiro atoms. The van der Waals surface area contributed by atoms with Crippen molar-refractivity contribution >= 4 is 28.3 Å². The van der Waals surface area contributed by atoms with Crippen LogP contribution in [0.15, 0.2) is 29.6 Å². The smallest absolute Gasteiger partial charge is 0.430 e. The SMILES string of the molecule is O=C([O-])C(F)(F)F.[NH3+]CC(=O)Nc1nc(-c2cccc(OC3CC3)c2)cs1. The molecule has 1 amide bonds. The lowest BCUT2D eigenvalue weighted by molar-refractivity contribution is -0.353. The number of aromatic nitrogens is 1. The minimum absolute atomic E-state index is 0.128. The number of anilines is 1. The Morgan fingerprint density at radius 2 is 2.04 bits per heavy atom. The van der Waals surface area contributed by atoms with Gasteiger partial charge in [-0.05, 0) is 25.0 Å². The third-order valence-corrected chi connectivity index (χ3v) is 3.92. The van der Waals surface area contributed by atoms with Crippen molar-refractivity contribution < 1.29 is 38.3 Å². The highest BCUT2D eigenvalue weighted by atomic mass is 32.1. The van der Waals surface area contributed by atoms with Gasteiger partial charge in [0.05, 0.1) is 11.8 Å². The van der Waals surface area contributed by atoms with Gasteiger partial charge in [0.1, 0.15) is 11.7 Å². The fourth-order valence-corrected chi connectivity index (χ4v) is 2.49. The van der Waals surface area contributed by atoms with Crippen LogP contribution in [0, 0.1) is 0 Å². The first kappa shape index (κ1) is 20.6. The van der Waals surface area contributed by atoms with E-state index in [-0.39, 0.29) is 12.5 Å². The maximum Gasteiger partial charge on any atom is 0.430 e. The van der Waals surface area contributed by atoms with Crippen LogP contribution < -0.4 is 20.9 Å². The van der Waals surface area contributed by atoms with Gasteiger partial charge in [0.2, 0.25) is 0 Å². The number of thiazole rings is 1. The zero-order valence-electron chi connectivity index (χ0n) is 13.9. The monoisotopic (exact) mass is 403 g/mol. The second-order valence-corrected chi connectivity index (χ2v) is 6.32. The Labute approximate surface area is 156 Å². The summed E-state index contributed by atoms with van der Waals surface area (Å²) in [5.74, 6) is -2.26. The summed E-state index contributed by atoms with van der Waals surface area (Å²) in [5.41, 5.74) is 5.38. The van der Waals surface area contributed by atoms with E-state index in [1.807, 2.05) is 29.6 Å². The van der Waals surface area contributed by atoms with Crippen LogP contribution >= 0.6 is 11.3 Å². The maximum absolute atomic E-state index is 11.3. The molecule has 3 rings (SSSR count). The number of hydrogen-bond donors (Lipinski definition) is 2. The van der Waals surface area contributed by atoms with Gasteiger partial charge in [0.25, 0.3) is 5.91 Å². The highest BCUT2D eigenvalue weighted by molar-refractivity contribution is 7.14. The summed E-state index contributed by atoms with van der Waals surface area (Å²) in [6.45, 7) is 0.208. The Bertz CT molecular complexity index is 806. The van der Waals surface area contributed by atoms with Gasteiger partial charge in [-0.2, -0.15) is 13.2 Å². The summed E-state index contributed by atoms with van der Waals surface area (Å²) < 4.78 is 37.3. The number of halogens is 3. The van der Waals surface area contributed by atoms with E-state index in [2.05, 4.69) is 16.0 Å². The number of nitrogens with zero attached hydrogens (tertiary/aromatic N) is 1.